The number of aromatic nitrogens is 3. The van der Waals surface area contributed by atoms with Crippen LogP contribution in [0.15, 0.2) is 24.7 Å². The lowest BCUT2D eigenvalue weighted by atomic mass is 10.1. The molecule has 2 heterocycles. The van der Waals surface area contributed by atoms with E-state index in [1.54, 1.807) is 24.1 Å². The summed E-state index contributed by atoms with van der Waals surface area (Å²) in [7, 11) is 1.77. The van der Waals surface area contributed by atoms with Crippen LogP contribution in [0.5, 0.6) is 0 Å². The molecule has 2 aromatic rings. The Kier molecular flexibility index (Phi) is 2.21. The first-order valence-electron chi connectivity index (χ1n) is 3.97. The average molecular weight is 212 g/mol. The molecule has 0 spiro atoms. The van der Waals surface area contributed by atoms with Gasteiger partial charge in [-0.1, -0.05) is 11.6 Å². The Bertz CT molecular complexity index is 467. The minimum atomic E-state index is -0.391. The van der Waals surface area contributed by atoms with E-state index in [9.17, 15) is 4.39 Å². The standard InChI is InChI=1S/C9H7ClFN3/c1-14-5-6(3-13-14)7-4-12-9(10)2-8(7)11/h2-5H,1H3. The lowest BCUT2D eigenvalue weighted by molar-refractivity contribution is 0.629. The van der Waals surface area contributed by atoms with Crippen molar-refractivity contribution in [3.05, 3.63) is 35.6 Å². The average Bonchev–Trinajstić information content (AvgIpc) is 2.51. The highest BCUT2D eigenvalue weighted by Crippen LogP contribution is 2.22. The molecule has 0 aliphatic heterocycles. The Morgan fingerprint density at radius 3 is 2.79 bits per heavy atom. The summed E-state index contributed by atoms with van der Waals surface area (Å²) in [5.41, 5.74) is 1.09. The normalized spacial score (nSPS) is 10.5. The first-order chi connectivity index (χ1) is 6.66. The summed E-state index contributed by atoms with van der Waals surface area (Å²) in [4.78, 5) is 3.81. The first kappa shape index (κ1) is 9.15. The van der Waals surface area contributed by atoms with Crippen molar-refractivity contribution in [3.63, 3.8) is 0 Å². The van der Waals surface area contributed by atoms with Crippen LogP contribution in [0.25, 0.3) is 11.1 Å². The molecule has 0 amide bonds. The fourth-order valence-corrected chi connectivity index (χ4v) is 1.32. The van der Waals surface area contributed by atoms with Gasteiger partial charge in [-0.2, -0.15) is 5.10 Å². The molecule has 0 unspecified atom stereocenters. The summed E-state index contributed by atoms with van der Waals surface area (Å²) in [5, 5.41) is 4.09. The topological polar surface area (TPSA) is 30.7 Å². The van der Waals surface area contributed by atoms with Crippen LogP contribution in [-0.2, 0) is 7.05 Å². The third kappa shape index (κ3) is 1.61. The Hall–Kier alpha value is -1.42. The van der Waals surface area contributed by atoms with Crippen LogP contribution in [-0.4, -0.2) is 14.8 Å². The number of halogens is 2. The molecule has 0 N–H and O–H groups in total. The third-order valence-corrected chi connectivity index (χ3v) is 2.04. The second kappa shape index (κ2) is 3.38. The molecule has 0 radical (unpaired) electrons. The van der Waals surface area contributed by atoms with Crippen LogP contribution in [0.1, 0.15) is 0 Å². The van der Waals surface area contributed by atoms with Gasteiger partial charge >= 0.3 is 0 Å². The van der Waals surface area contributed by atoms with E-state index in [4.69, 9.17) is 11.6 Å². The number of hydrogen-bond acceptors (Lipinski definition) is 2. The van der Waals surface area contributed by atoms with Crippen molar-refractivity contribution in [2.24, 2.45) is 7.05 Å². The highest BCUT2D eigenvalue weighted by Gasteiger charge is 2.07. The largest absolute Gasteiger partial charge is 0.275 e. The minimum absolute atomic E-state index is 0.148. The Balaban J connectivity index is 2.52. The van der Waals surface area contributed by atoms with E-state index in [-0.39, 0.29) is 5.15 Å². The molecule has 0 fully saturated rings. The van der Waals surface area contributed by atoms with Crippen molar-refractivity contribution in [1.29, 1.82) is 0 Å². The maximum atomic E-state index is 13.4. The van der Waals surface area contributed by atoms with Crippen LogP contribution < -0.4 is 0 Å². The Labute approximate surface area is 85.1 Å². The molecule has 0 bridgehead atoms. The van der Waals surface area contributed by atoms with Crippen molar-refractivity contribution in [3.8, 4) is 11.1 Å². The summed E-state index contributed by atoms with van der Waals surface area (Å²) >= 11 is 5.54. The second-order valence-electron chi connectivity index (χ2n) is 2.89. The van der Waals surface area contributed by atoms with Gasteiger partial charge in [0.25, 0.3) is 0 Å². The van der Waals surface area contributed by atoms with Crippen molar-refractivity contribution < 1.29 is 4.39 Å². The predicted octanol–water partition coefficient (Wildman–Crippen LogP) is 2.27. The molecule has 0 aliphatic carbocycles. The van der Waals surface area contributed by atoms with E-state index in [1.807, 2.05) is 0 Å². The second-order valence-corrected chi connectivity index (χ2v) is 3.28. The number of nitrogens with zero attached hydrogens (tertiary/aromatic N) is 3. The molecule has 0 saturated carbocycles. The Morgan fingerprint density at radius 1 is 1.43 bits per heavy atom. The van der Waals surface area contributed by atoms with Crippen molar-refractivity contribution in [2.75, 3.05) is 0 Å². The van der Waals surface area contributed by atoms with Gasteiger partial charge < -0.3 is 0 Å². The summed E-state index contributed by atoms with van der Waals surface area (Å²) in [6, 6.07) is 1.18. The van der Waals surface area contributed by atoms with E-state index in [2.05, 4.69) is 10.1 Å². The van der Waals surface area contributed by atoms with Gasteiger partial charge in [-0.15, -0.1) is 0 Å². The van der Waals surface area contributed by atoms with Gasteiger partial charge in [0.15, 0.2) is 0 Å². The van der Waals surface area contributed by atoms with Gasteiger partial charge in [0.1, 0.15) is 11.0 Å². The highest BCUT2D eigenvalue weighted by molar-refractivity contribution is 6.29. The maximum absolute atomic E-state index is 13.4. The van der Waals surface area contributed by atoms with Gasteiger partial charge in [0.05, 0.1) is 6.20 Å². The molecule has 2 rings (SSSR count). The first-order valence-corrected chi connectivity index (χ1v) is 4.34. The number of pyridine rings is 1. The van der Waals surface area contributed by atoms with Gasteiger partial charge in [0, 0.05) is 36.6 Å². The van der Waals surface area contributed by atoms with Crippen LogP contribution in [0.2, 0.25) is 5.15 Å². The fourth-order valence-electron chi connectivity index (χ4n) is 1.18. The van der Waals surface area contributed by atoms with Gasteiger partial charge in [-0.25, -0.2) is 9.37 Å². The molecule has 5 heteroatoms. The van der Waals surface area contributed by atoms with Crippen LogP contribution >= 0.6 is 11.6 Å². The van der Waals surface area contributed by atoms with Gasteiger partial charge in [-0.3, -0.25) is 4.68 Å². The van der Waals surface area contributed by atoms with Crippen LogP contribution in [0.3, 0.4) is 0 Å². The van der Waals surface area contributed by atoms with Crippen molar-refractivity contribution in [1.82, 2.24) is 14.8 Å². The molecule has 3 nitrogen and oxygen atoms in total. The number of rotatable bonds is 1. The molecule has 14 heavy (non-hydrogen) atoms. The summed E-state index contributed by atoms with van der Waals surface area (Å²) in [6.45, 7) is 0. The highest BCUT2D eigenvalue weighted by atomic mass is 35.5. The van der Waals surface area contributed by atoms with Crippen molar-refractivity contribution >= 4 is 11.6 Å². The summed E-state index contributed by atoms with van der Waals surface area (Å²) < 4.78 is 15.0. The molecule has 0 atom stereocenters. The van der Waals surface area contributed by atoms with Crippen LogP contribution in [0.4, 0.5) is 4.39 Å². The molecule has 2 aromatic heterocycles. The zero-order chi connectivity index (χ0) is 10.1. The van der Waals surface area contributed by atoms with E-state index in [1.165, 1.54) is 12.3 Å². The molecule has 0 saturated heterocycles. The zero-order valence-electron chi connectivity index (χ0n) is 7.41. The zero-order valence-corrected chi connectivity index (χ0v) is 8.16. The molecule has 0 aliphatic rings. The van der Waals surface area contributed by atoms with E-state index in [0.29, 0.717) is 11.1 Å². The SMILES string of the molecule is Cn1cc(-c2cnc(Cl)cc2F)cn1. The van der Waals surface area contributed by atoms with Crippen molar-refractivity contribution in [2.45, 2.75) is 0 Å². The third-order valence-electron chi connectivity index (χ3n) is 1.84. The number of aryl methyl sites for hydroxylation is 1. The molecular weight excluding hydrogens is 205 g/mol. The maximum Gasteiger partial charge on any atom is 0.135 e. The van der Waals surface area contributed by atoms with E-state index in [0.717, 1.165) is 0 Å². The smallest absolute Gasteiger partial charge is 0.135 e. The molecule has 0 aromatic carbocycles. The number of hydrogen-bond donors (Lipinski definition) is 0. The monoisotopic (exact) mass is 211 g/mol. The quantitative estimate of drug-likeness (QED) is 0.678. The summed E-state index contributed by atoms with van der Waals surface area (Å²) in [5.74, 6) is -0.391. The fraction of sp³-hybridized carbons (Fsp3) is 0.111. The summed E-state index contributed by atoms with van der Waals surface area (Å²) in [6.07, 6.45) is 4.69. The molecular formula is C9H7ClFN3. The lowest BCUT2D eigenvalue weighted by Crippen LogP contribution is -1.86. The predicted molar refractivity (Wildman–Crippen MR) is 51.4 cm³/mol. The van der Waals surface area contributed by atoms with E-state index < -0.39 is 5.82 Å². The lowest BCUT2D eigenvalue weighted by Gasteiger charge is -1.98. The van der Waals surface area contributed by atoms with E-state index >= 15 is 0 Å². The Morgan fingerprint density at radius 2 is 2.21 bits per heavy atom. The van der Waals surface area contributed by atoms with Gasteiger partial charge in [-0.05, 0) is 0 Å². The minimum Gasteiger partial charge on any atom is -0.275 e. The molecule has 72 valence electrons. The van der Waals surface area contributed by atoms with Crippen LogP contribution in [0, 0.1) is 5.82 Å². The van der Waals surface area contributed by atoms with Gasteiger partial charge in [0.2, 0.25) is 0 Å².